The number of carbonyl (C=O) groups is 5. The van der Waals surface area contributed by atoms with Gasteiger partial charge in [0.15, 0.2) is 5.78 Å². The summed E-state index contributed by atoms with van der Waals surface area (Å²) < 4.78 is 0. The molecule has 9 nitrogen and oxygen atoms in total. The Bertz CT molecular complexity index is 1110. The normalized spacial score (nSPS) is 19.1. The number of Topliss-reactive ketones (excluding diaryl/α,β-unsaturated/α-hetero) is 1. The van der Waals surface area contributed by atoms with E-state index in [2.05, 4.69) is 20.9 Å². The van der Waals surface area contributed by atoms with Crippen LogP contribution in [0.1, 0.15) is 54.8 Å². The van der Waals surface area contributed by atoms with Crippen LogP contribution >= 0.6 is 0 Å². The van der Waals surface area contributed by atoms with E-state index in [-0.39, 0.29) is 18.0 Å². The zero-order valence-electron chi connectivity index (χ0n) is 20.2. The van der Waals surface area contributed by atoms with Crippen LogP contribution in [0.4, 0.5) is 0 Å². The molecule has 3 rings (SSSR count). The van der Waals surface area contributed by atoms with E-state index in [0.717, 1.165) is 11.1 Å². The molecular weight excluding hydrogens is 448 g/mol. The van der Waals surface area contributed by atoms with Gasteiger partial charge in [0.2, 0.25) is 17.7 Å². The first-order chi connectivity index (χ1) is 16.6. The van der Waals surface area contributed by atoms with Gasteiger partial charge in [-0.25, -0.2) is 0 Å². The number of rotatable bonds is 9. The van der Waals surface area contributed by atoms with Gasteiger partial charge in [-0.05, 0) is 30.5 Å². The molecule has 1 aromatic heterocycles. The first kappa shape index (κ1) is 25.7. The van der Waals surface area contributed by atoms with E-state index in [0.29, 0.717) is 0 Å². The van der Waals surface area contributed by atoms with E-state index >= 15 is 0 Å². The van der Waals surface area contributed by atoms with E-state index < -0.39 is 53.3 Å². The van der Waals surface area contributed by atoms with Crippen LogP contribution in [0.5, 0.6) is 0 Å². The Kier molecular flexibility index (Phi) is 8.11. The first-order valence-corrected chi connectivity index (χ1v) is 11.5. The molecule has 3 N–H and O–H groups in total. The quantitative estimate of drug-likeness (QED) is 0.372. The fourth-order valence-corrected chi connectivity index (χ4v) is 4.02. The number of amides is 4. The highest BCUT2D eigenvalue weighted by Crippen LogP contribution is 2.24. The lowest BCUT2D eigenvalue weighted by Gasteiger charge is -2.26. The maximum atomic E-state index is 13.1. The summed E-state index contributed by atoms with van der Waals surface area (Å²) in [4.78, 5) is 67.0. The van der Waals surface area contributed by atoms with Gasteiger partial charge >= 0.3 is 0 Å². The molecule has 1 aromatic carbocycles. The third kappa shape index (κ3) is 6.17. The lowest BCUT2D eigenvalue weighted by Crippen LogP contribution is -2.49. The second kappa shape index (κ2) is 11.0. The van der Waals surface area contributed by atoms with E-state index in [1.54, 1.807) is 32.0 Å². The van der Waals surface area contributed by atoms with Gasteiger partial charge in [0.1, 0.15) is 11.6 Å². The molecule has 1 unspecified atom stereocenters. The van der Waals surface area contributed by atoms with Crippen molar-refractivity contribution in [2.45, 2.75) is 46.2 Å². The highest BCUT2D eigenvalue weighted by atomic mass is 16.2. The van der Waals surface area contributed by atoms with Crippen molar-refractivity contribution in [3.63, 3.8) is 0 Å². The van der Waals surface area contributed by atoms with Crippen LogP contribution in [-0.4, -0.2) is 40.4 Å². The predicted octanol–water partition coefficient (Wildman–Crippen LogP) is 1.87. The number of aromatic nitrogens is 1. The second-order valence-electron chi connectivity index (χ2n) is 9.17. The zero-order chi connectivity index (χ0) is 25.7. The maximum Gasteiger partial charge on any atom is 0.270 e. The Labute approximate surface area is 204 Å². The van der Waals surface area contributed by atoms with Crippen molar-refractivity contribution < 1.29 is 24.0 Å². The van der Waals surface area contributed by atoms with Gasteiger partial charge in [0, 0.05) is 6.20 Å². The molecular formula is C26H30N4O5. The van der Waals surface area contributed by atoms with E-state index in [1.807, 2.05) is 31.2 Å². The van der Waals surface area contributed by atoms with Crippen molar-refractivity contribution in [1.82, 2.24) is 20.9 Å². The third-order valence-electron chi connectivity index (χ3n) is 6.11. The lowest BCUT2D eigenvalue weighted by atomic mass is 9.85. The summed E-state index contributed by atoms with van der Waals surface area (Å²) in [6.45, 7) is 6.95. The van der Waals surface area contributed by atoms with E-state index in [9.17, 15) is 24.0 Å². The number of imide groups is 1. The van der Waals surface area contributed by atoms with Crippen molar-refractivity contribution in [1.29, 1.82) is 0 Å². The van der Waals surface area contributed by atoms with Crippen LogP contribution in [0.15, 0.2) is 48.7 Å². The molecule has 0 radical (unpaired) electrons. The molecule has 2 aromatic rings. The monoisotopic (exact) mass is 478 g/mol. The summed E-state index contributed by atoms with van der Waals surface area (Å²) in [5.41, 5.74) is 1.96. The Balaban J connectivity index is 1.78. The summed E-state index contributed by atoms with van der Waals surface area (Å²) in [5, 5.41) is 7.75. The summed E-state index contributed by atoms with van der Waals surface area (Å²) in [5.74, 6) is -4.82. The summed E-state index contributed by atoms with van der Waals surface area (Å²) in [7, 11) is 0. The molecule has 9 heteroatoms. The number of hydrogen-bond donors (Lipinski definition) is 3. The highest BCUT2D eigenvalue weighted by Gasteiger charge is 2.46. The topological polar surface area (TPSA) is 134 Å². The molecule has 0 bridgehead atoms. The van der Waals surface area contributed by atoms with E-state index in [1.165, 1.54) is 13.1 Å². The molecule has 4 atom stereocenters. The van der Waals surface area contributed by atoms with E-state index in [4.69, 9.17) is 0 Å². The number of aryl methyl sites for hydroxylation is 1. The summed E-state index contributed by atoms with van der Waals surface area (Å²) in [6.07, 6.45) is 1.37. The Morgan fingerprint density at radius 2 is 1.69 bits per heavy atom. The lowest BCUT2D eigenvalue weighted by molar-refractivity contribution is -0.137. The van der Waals surface area contributed by atoms with Crippen LogP contribution in [-0.2, 0) is 19.2 Å². The molecule has 0 saturated carbocycles. The number of nitrogens with one attached hydrogen (secondary N) is 3. The van der Waals surface area contributed by atoms with Crippen molar-refractivity contribution in [2.24, 2.45) is 17.8 Å². The molecule has 1 aliphatic heterocycles. The van der Waals surface area contributed by atoms with Crippen molar-refractivity contribution >= 4 is 29.4 Å². The third-order valence-corrected chi connectivity index (χ3v) is 6.11. The fourth-order valence-electron chi connectivity index (χ4n) is 4.02. The molecule has 0 spiro atoms. The molecule has 1 aliphatic rings. The van der Waals surface area contributed by atoms with Crippen LogP contribution in [0, 0.1) is 24.7 Å². The molecule has 2 heterocycles. The van der Waals surface area contributed by atoms with Gasteiger partial charge in [-0.1, -0.05) is 56.7 Å². The minimum absolute atomic E-state index is 0.135. The minimum atomic E-state index is -1.15. The summed E-state index contributed by atoms with van der Waals surface area (Å²) in [6, 6.07) is 10.7. The smallest absolute Gasteiger partial charge is 0.270 e. The van der Waals surface area contributed by atoms with Gasteiger partial charge in [-0.2, -0.15) is 0 Å². The SMILES string of the molecule is Cc1ccc(C(CC(=O)N[C@@H](C(=O)[C@@H]2C(=O)NC(=O)[C@@H]2C)C(C)C)NC(=O)c2ccccn2)cc1. The number of ketones is 1. The number of pyridine rings is 1. The molecule has 1 saturated heterocycles. The summed E-state index contributed by atoms with van der Waals surface area (Å²) >= 11 is 0. The minimum Gasteiger partial charge on any atom is -0.346 e. The van der Waals surface area contributed by atoms with Gasteiger partial charge in [0.05, 0.1) is 24.4 Å². The molecule has 184 valence electrons. The average Bonchev–Trinajstić information content (AvgIpc) is 3.08. The van der Waals surface area contributed by atoms with Crippen LogP contribution in [0.3, 0.4) is 0 Å². The van der Waals surface area contributed by atoms with Gasteiger partial charge in [-0.3, -0.25) is 34.3 Å². The zero-order valence-corrected chi connectivity index (χ0v) is 20.2. The maximum absolute atomic E-state index is 13.1. The van der Waals surface area contributed by atoms with Crippen molar-refractivity contribution in [2.75, 3.05) is 0 Å². The predicted molar refractivity (Wildman–Crippen MR) is 128 cm³/mol. The average molecular weight is 479 g/mol. The fraction of sp³-hybridized carbons (Fsp3) is 0.385. The van der Waals surface area contributed by atoms with Crippen LogP contribution in [0.2, 0.25) is 0 Å². The van der Waals surface area contributed by atoms with Gasteiger partial charge in [0.25, 0.3) is 5.91 Å². The first-order valence-electron chi connectivity index (χ1n) is 11.5. The van der Waals surface area contributed by atoms with Crippen molar-refractivity contribution in [3.8, 4) is 0 Å². The van der Waals surface area contributed by atoms with Gasteiger partial charge in [-0.15, -0.1) is 0 Å². The Morgan fingerprint density at radius 3 is 2.23 bits per heavy atom. The number of benzene rings is 1. The molecule has 1 fully saturated rings. The molecule has 35 heavy (non-hydrogen) atoms. The molecule has 4 amide bonds. The Morgan fingerprint density at radius 1 is 1.00 bits per heavy atom. The largest absolute Gasteiger partial charge is 0.346 e. The second-order valence-corrected chi connectivity index (χ2v) is 9.17. The number of nitrogens with zero attached hydrogens (tertiary/aromatic N) is 1. The Hall–Kier alpha value is -3.88. The number of carbonyl (C=O) groups excluding carboxylic acids is 5. The van der Waals surface area contributed by atoms with Crippen LogP contribution < -0.4 is 16.0 Å². The standard InChI is InChI=1S/C26H30N4O5/c1-14(2)22(23(32)21-16(4)24(33)30-26(21)35)29-20(31)13-19(17-10-8-15(3)9-11-17)28-25(34)18-7-5-6-12-27-18/h5-12,14,16,19,21-22H,13H2,1-4H3,(H,28,34)(H,29,31)(H,30,33,35)/t16-,19?,21-,22-/m1/s1. The van der Waals surface area contributed by atoms with Crippen LogP contribution in [0.25, 0.3) is 0 Å². The molecule has 0 aliphatic carbocycles. The highest BCUT2D eigenvalue weighted by molar-refractivity contribution is 6.16. The van der Waals surface area contributed by atoms with Gasteiger partial charge < -0.3 is 10.6 Å². The number of hydrogen-bond acceptors (Lipinski definition) is 6. The van der Waals surface area contributed by atoms with Crippen molar-refractivity contribution in [3.05, 3.63) is 65.5 Å².